The van der Waals surface area contributed by atoms with E-state index < -0.39 is 12.1 Å². The van der Waals surface area contributed by atoms with E-state index in [2.05, 4.69) is 32.7 Å². The van der Waals surface area contributed by atoms with E-state index in [-0.39, 0.29) is 30.2 Å². The minimum atomic E-state index is -0.943. The first-order valence-electron chi connectivity index (χ1n) is 14.0. The van der Waals surface area contributed by atoms with Gasteiger partial charge in [-0.05, 0) is 49.7 Å². The zero-order valence-corrected chi connectivity index (χ0v) is 22.4. The average molecular weight is 528 g/mol. The second kappa shape index (κ2) is 12.3. The maximum absolute atomic E-state index is 13.5. The van der Waals surface area contributed by atoms with Gasteiger partial charge < -0.3 is 20.5 Å². The number of aromatic nitrogens is 2. The summed E-state index contributed by atoms with van der Waals surface area (Å²) in [5.74, 6) is 0.339. The summed E-state index contributed by atoms with van der Waals surface area (Å²) in [6, 6.07) is 18.7. The van der Waals surface area contributed by atoms with Gasteiger partial charge in [-0.3, -0.25) is 14.4 Å². The van der Waals surface area contributed by atoms with E-state index >= 15 is 0 Å². The van der Waals surface area contributed by atoms with Crippen molar-refractivity contribution in [2.75, 3.05) is 6.54 Å². The number of rotatable bonds is 11. The van der Waals surface area contributed by atoms with E-state index in [1.807, 2.05) is 60.4 Å². The maximum Gasteiger partial charge on any atom is 0.243 e. The van der Waals surface area contributed by atoms with Crippen LogP contribution in [0.15, 0.2) is 66.9 Å². The topological polar surface area (TPSA) is 107 Å². The number of likely N-dealkylation sites (tertiary alicyclic amines) is 1. The fourth-order valence-electron chi connectivity index (χ4n) is 5.31. The van der Waals surface area contributed by atoms with E-state index in [4.69, 9.17) is 0 Å². The first-order valence-corrected chi connectivity index (χ1v) is 14.0. The Kier molecular flexibility index (Phi) is 8.39. The Labute approximate surface area is 229 Å². The molecule has 0 bridgehead atoms. The standard InChI is InChI=1S/C31H37N5O3/c1-21(30-32-20-25(34-30)17-22-9-4-2-5-10-22)33-31(39)26(35-28(37)18-23-14-15-23)19-29(38)36-16-8-13-27(36)24-11-6-3-7-12-24/h2-7,9-12,20-21,23,26-27H,8,13-19H2,1H3,(H,32,34)(H,33,39)(H,35,37)/t21?,26?,27-/m1/s1. The van der Waals surface area contributed by atoms with Crippen molar-refractivity contribution >= 4 is 17.7 Å². The Morgan fingerprint density at radius 3 is 2.44 bits per heavy atom. The minimum Gasteiger partial charge on any atom is -0.345 e. The van der Waals surface area contributed by atoms with E-state index in [0.29, 0.717) is 31.1 Å². The average Bonchev–Trinajstić information content (AvgIpc) is 3.40. The van der Waals surface area contributed by atoms with Crippen molar-refractivity contribution in [3.05, 3.63) is 89.5 Å². The van der Waals surface area contributed by atoms with Crippen molar-refractivity contribution in [2.45, 2.75) is 70.0 Å². The first kappa shape index (κ1) is 26.7. The number of carbonyl (C=O) groups excluding carboxylic acids is 3. The normalized spacial score (nSPS) is 18.4. The van der Waals surface area contributed by atoms with Gasteiger partial charge in [0, 0.05) is 31.3 Å². The molecule has 2 aromatic carbocycles. The van der Waals surface area contributed by atoms with Crippen molar-refractivity contribution in [2.24, 2.45) is 5.92 Å². The summed E-state index contributed by atoms with van der Waals surface area (Å²) in [5, 5.41) is 5.83. The number of imidazole rings is 1. The van der Waals surface area contributed by atoms with Crippen LogP contribution in [0.5, 0.6) is 0 Å². The van der Waals surface area contributed by atoms with Gasteiger partial charge in [-0.15, -0.1) is 0 Å². The number of benzene rings is 2. The molecule has 0 radical (unpaired) electrons. The van der Waals surface area contributed by atoms with Crippen LogP contribution in [0.25, 0.3) is 0 Å². The third kappa shape index (κ3) is 7.13. The van der Waals surface area contributed by atoms with Gasteiger partial charge in [-0.1, -0.05) is 60.7 Å². The van der Waals surface area contributed by atoms with Crippen LogP contribution >= 0.6 is 0 Å². The second-order valence-electron chi connectivity index (χ2n) is 10.8. The number of amides is 3. The molecule has 3 amide bonds. The lowest BCUT2D eigenvalue weighted by Crippen LogP contribution is -2.50. The zero-order chi connectivity index (χ0) is 27.2. The Bertz CT molecular complexity index is 1270. The largest absolute Gasteiger partial charge is 0.345 e. The molecule has 8 heteroatoms. The Morgan fingerprint density at radius 2 is 1.72 bits per heavy atom. The molecule has 3 atom stereocenters. The van der Waals surface area contributed by atoms with Gasteiger partial charge in [0.1, 0.15) is 11.9 Å². The molecule has 2 fully saturated rings. The predicted molar refractivity (Wildman–Crippen MR) is 148 cm³/mol. The monoisotopic (exact) mass is 527 g/mol. The molecule has 5 rings (SSSR count). The molecule has 1 saturated carbocycles. The number of hydrogen-bond donors (Lipinski definition) is 3. The molecule has 2 unspecified atom stereocenters. The summed E-state index contributed by atoms with van der Waals surface area (Å²) < 4.78 is 0. The van der Waals surface area contributed by atoms with Crippen LogP contribution in [0.2, 0.25) is 0 Å². The summed E-state index contributed by atoms with van der Waals surface area (Å²) in [4.78, 5) is 49.2. The smallest absolute Gasteiger partial charge is 0.243 e. The summed E-state index contributed by atoms with van der Waals surface area (Å²) >= 11 is 0. The van der Waals surface area contributed by atoms with Crippen molar-refractivity contribution in [1.29, 1.82) is 0 Å². The van der Waals surface area contributed by atoms with Crippen LogP contribution in [0.3, 0.4) is 0 Å². The molecule has 8 nitrogen and oxygen atoms in total. The number of carbonyl (C=O) groups is 3. The molecule has 1 aliphatic heterocycles. The molecule has 0 spiro atoms. The van der Waals surface area contributed by atoms with E-state index in [1.54, 1.807) is 6.20 Å². The number of nitrogens with one attached hydrogen (secondary N) is 3. The van der Waals surface area contributed by atoms with Crippen molar-refractivity contribution in [3.63, 3.8) is 0 Å². The summed E-state index contributed by atoms with van der Waals surface area (Å²) in [6.07, 6.45) is 6.69. The van der Waals surface area contributed by atoms with Crippen molar-refractivity contribution in [3.8, 4) is 0 Å². The van der Waals surface area contributed by atoms with Crippen LogP contribution in [-0.4, -0.2) is 45.2 Å². The van der Waals surface area contributed by atoms with E-state index in [0.717, 1.165) is 42.5 Å². The van der Waals surface area contributed by atoms with Gasteiger partial charge in [0.15, 0.2) is 0 Å². The van der Waals surface area contributed by atoms with Crippen molar-refractivity contribution in [1.82, 2.24) is 25.5 Å². The summed E-state index contributed by atoms with van der Waals surface area (Å²) in [5.41, 5.74) is 3.21. The highest BCUT2D eigenvalue weighted by atomic mass is 16.2. The van der Waals surface area contributed by atoms with Gasteiger partial charge in [0.05, 0.1) is 18.5 Å². The molecule has 2 heterocycles. The number of nitrogens with zero attached hydrogens (tertiary/aromatic N) is 2. The fraction of sp³-hybridized carbons (Fsp3) is 0.419. The lowest BCUT2D eigenvalue weighted by atomic mass is 10.0. The molecule has 1 aromatic heterocycles. The van der Waals surface area contributed by atoms with Gasteiger partial charge in [-0.25, -0.2) is 4.98 Å². The highest BCUT2D eigenvalue weighted by Gasteiger charge is 2.34. The Balaban J connectivity index is 1.24. The molecule has 2 aliphatic rings. The van der Waals surface area contributed by atoms with Crippen LogP contribution in [0.4, 0.5) is 0 Å². The maximum atomic E-state index is 13.5. The number of H-pyrrole nitrogens is 1. The lowest BCUT2D eigenvalue weighted by Gasteiger charge is -2.27. The molecule has 1 saturated heterocycles. The van der Waals surface area contributed by atoms with Gasteiger partial charge in [0.2, 0.25) is 17.7 Å². The Hall–Kier alpha value is -3.94. The van der Waals surface area contributed by atoms with Gasteiger partial charge in [0.25, 0.3) is 0 Å². The molecular formula is C31H37N5O3. The van der Waals surface area contributed by atoms with Crippen molar-refractivity contribution < 1.29 is 14.4 Å². The molecular weight excluding hydrogens is 490 g/mol. The molecule has 1 aliphatic carbocycles. The van der Waals surface area contributed by atoms with Crippen LogP contribution in [0.1, 0.15) is 80.2 Å². The highest BCUT2D eigenvalue weighted by molar-refractivity contribution is 5.92. The van der Waals surface area contributed by atoms with E-state index in [9.17, 15) is 14.4 Å². The molecule has 39 heavy (non-hydrogen) atoms. The second-order valence-corrected chi connectivity index (χ2v) is 10.8. The van der Waals surface area contributed by atoms with Crippen LogP contribution in [-0.2, 0) is 20.8 Å². The van der Waals surface area contributed by atoms with Gasteiger partial charge >= 0.3 is 0 Å². The van der Waals surface area contributed by atoms with Crippen LogP contribution in [0, 0.1) is 5.92 Å². The molecule has 3 aromatic rings. The third-order valence-corrected chi connectivity index (χ3v) is 7.61. The van der Waals surface area contributed by atoms with Gasteiger partial charge in [-0.2, -0.15) is 0 Å². The summed E-state index contributed by atoms with van der Waals surface area (Å²) in [7, 11) is 0. The summed E-state index contributed by atoms with van der Waals surface area (Å²) in [6.45, 7) is 2.50. The fourth-order valence-corrected chi connectivity index (χ4v) is 5.31. The van der Waals surface area contributed by atoms with Crippen LogP contribution < -0.4 is 10.6 Å². The predicted octanol–water partition coefficient (Wildman–Crippen LogP) is 4.22. The molecule has 204 valence electrons. The lowest BCUT2D eigenvalue weighted by molar-refractivity contribution is -0.137. The SMILES string of the molecule is CC(NC(=O)C(CC(=O)N1CCC[C@@H]1c1ccccc1)NC(=O)CC1CC1)c1ncc(Cc2ccccc2)[nH]1. The highest BCUT2D eigenvalue weighted by Crippen LogP contribution is 2.33. The van der Waals surface area contributed by atoms with E-state index in [1.165, 1.54) is 0 Å². The molecule has 3 N–H and O–H groups in total. The zero-order valence-electron chi connectivity index (χ0n) is 22.4. The number of aromatic amines is 1. The minimum absolute atomic E-state index is 0.00495. The third-order valence-electron chi connectivity index (χ3n) is 7.61. The quantitative estimate of drug-likeness (QED) is 0.347. The Morgan fingerprint density at radius 1 is 1.00 bits per heavy atom. The first-order chi connectivity index (χ1) is 19.0. The number of hydrogen-bond acceptors (Lipinski definition) is 4.